The summed E-state index contributed by atoms with van der Waals surface area (Å²) in [5, 5.41) is 24.5. The molecule has 104 valence electrons. The molecule has 3 N–H and O–H groups in total. The predicted molar refractivity (Wildman–Crippen MR) is 64.3 cm³/mol. The van der Waals surface area contributed by atoms with Crippen molar-refractivity contribution >= 4 is 11.9 Å². The van der Waals surface area contributed by atoms with Crippen molar-refractivity contribution in [1.82, 2.24) is 25.9 Å². The maximum Gasteiger partial charge on any atom is 0.329 e. The first-order chi connectivity index (χ1) is 9.07. The van der Waals surface area contributed by atoms with E-state index in [1.165, 1.54) is 0 Å². The van der Waals surface area contributed by atoms with E-state index in [1.54, 1.807) is 0 Å². The number of aromatic nitrogens is 4. The fraction of sp³-hybridized carbons (Fsp3) is 0.727. The number of carboxylic acids is 1. The summed E-state index contributed by atoms with van der Waals surface area (Å²) in [5.74, 6) is -1.21. The molecule has 2 rings (SSSR count). The Bertz CT molecular complexity index is 451. The highest BCUT2D eigenvalue weighted by molar-refractivity contribution is 5.94. The van der Waals surface area contributed by atoms with Crippen LogP contribution in [-0.2, 0) is 4.79 Å². The summed E-state index contributed by atoms with van der Waals surface area (Å²) in [6, 6.07) is 0. The fourth-order valence-electron chi connectivity index (χ4n) is 2.50. The molecule has 19 heavy (non-hydrogen) atoms. The number of aliphatic carboxylic acids is 1. The molecule has 0 spiro atoms. The summed E-state index contributed by atoms with van der Waals surface area (Å²) in [6.45, 7) is 2.09. The van der Waals surface area contributed by atoms with Crippen LogP contribution in [0.2, 0.25) is 0 Å². The van der Waals surface area contributed by atoms with Gasteiger partial charge in [0.05, 0.1) is 0 Å². The number of aromatic amines is 1. The maximum atomic E-state index is 11.9. The lowest BCUT2D eigenvalue weighted by Crippen LogP contribution is -2.56. The van der Waals surface area contributed by atoms with Gasteiger partial charge in [-0.2, -0.15) is 5.21 Å². The van der Waals surface area contributed by atoms with E-state index >= 15 is 0 Å². The van der Waals surface area contributed by atoms with Gasteiger partial charge in [-0.3, -0.25) is 4.79 Å². The minimum atomic E-state index is -1.20. The summed E-state index contributed by atoms with van der Waals surface area (Å²) < 4.78 is 0. The highest BCUT2D eigenvalue weighted by Crippen LogP contribution is 2.34. The van der Waals surface area contributed by atoms with Crippen LogP contribution in [0.15, 0.2) is 0 Å². The van der Waals surface area contributed by atoms with E-state index in [4.69, 9.17) is 0 Å². The Hall–Kier alpha value is -1.99. The lowest BCUT2D eigenvalue weighted by molar-refractivity contribution is -0.146. The number of carboxylic acid groups (broad SMARTS) is 1. The summed E-state index contributed by atoms with van der Waals surface area (Å²) in [4.78, 5) is 23.4. The fourth-order valence-corrected chi connectivity index (χ4v) is 2.50. The zero-order valence-electron chi connectivity index (χ0n) is 10.7. The second kappa shape index (κ2) is 5.33. The quantitative estimate of drug-likeness (QED) is 0.724. The normalized spacial score (nSPS) is 26.9. The molecule has 0 aliphatic heterocycles. The first kappa shape index (κ1) is 13.4. The van der Waals surface area contributed by atoms with E-state index in [-0.39, 0.29) is 5.82 Å². The molecular formula is C11H17N5O3. The maximum absolute atomic E-state index is 11.9. The van der Waals surface area contributed by atoms with Gasteiger partial charge in [-0.25, -0.2) is 4.79 Å². The Balaban J connectivity index is 2.09. The van der Waals surface area contributed by atoms with E-state index in [2.05, 4.69) is 32.9 Å². The SMILES string of the molecule is CCC1CCC(NC(=O)c2nn[nH]n2)(C(=O)O)CC1. The van der Waals surface area contributed by atoms with E-state index in [0.717, 1.165) is 19.3 Å². The first-order valence-electron chi connectivity index (χ1n) is 6.37. The molecule has 0 unspecified atom stereocenters. The van der Waals surface area contributed by atoms with Crippen LogP contribution in [0, 0.1) is 5.92 Å². The molecular weight excluding hydrogens is 250 g/mol. The molecule has 0 bridgehead atoms. The molecule has 0 atom stereocenters. The number of hydrogen-bond acceptors (Lipinski definition) is 5. The largest absolute Gasteiger partial charge is 0.480 e. The number of nitrogens with zero attached hydrogens (tertiary/aromatic N) is 3. The third-order valence-corrected chi connectivity index (χ3v) is 3.85. The average molecular weight is 267 g/mol. The molecule has 1 aliphatic carbocycles. The average Bonchev–Trinajstić information content (AvgIpc) is 2.93. The van der Waals surface area contributed by atoms with Crippen LogP contribution in [-0.4, -0.2) is 43.1 Å². The Morgan fingerprint density at radius 2 is 2.16 bits per heavy atom. The predicted octanol–water partition coefficient (Wildman–Crippen LogP) is 0.353. The zero-order chi connectivity index (χ0) is 13.9. The van der Waals surface area contributed by atoms with Gasteiger partial charge in [0.15, 0.2) is 0 Å². The molecule has 8 nitrogen and oxygen atoms in total. The summed E-state index contributed by atoms with van der Waals surface area (Å²) in [6.07, 6.45) is 3.51. The van der Waals surface area contributed by atoms with Crippen molar-refractivity contribution in [3.05, 3.63) is 5.82 Å². The molecule has 1 saturated carbocycles. The number of rotatable bonds is 4. The highest BCUT2D eigenvalue weighted by Gasteiger charge is 2.43. The molecule has 1 aromatic heterocycles. The minimum Gasteiger partial charge on any atom is -0.480 e. The summed E-state index contributed by atoms with van der Waals surface area (Å²) in [5.41, 5.74) is -1.20. The number of hydrogen-bond donors (Lipinski definition) is 3. The van der Waals surface area contributed by atoms with Crippen molar-refractivity contribution in [3.8, 4) is 0 Å². The van der Waals surface area contributed by atoms with Crippen LogP contribution < -0.4 is 5.32 Å². The Labute approximate surface area is 110 Å². The Morgan fingerprint density at radius 1 is 1.47 bits per heavy atom. The van der Waals surface area contributed by atoms with Crippen LogP contribution in [0.4, 0.5) is 0 Å². The molecule has 1 amide bonds. The van der Waals surface area contributed by atoms with Crippen LogP contribution in [0.25, 0.3) is 0 Å². The van der Waals surface area contributed by atoms with Crippen molar-refractivity contribution in [2.45, 2.75) is 44.6 Å². The monoisotopic (exact) mass is 267 g/mol. The van der Waals surface area contributed by atoms with Crippen molar-refractivity contribution in [3.63, 3.8) is 0 Å². The standard InChI is InChI=1S/C11H17N5O3/c1-2-7-3-5-11(6-4-7,10(18)19)12-9(17)8-13-15-16-14-8/h7H,2-6H2,1H3,(H,12,17)(H,18,19)(H,13,14,15,16). The number of H-pyrrole nitrogens is 1. The minimum absolute atomic E-state index is 0.141. The van der Waals surface area contributed by atoms with Gasteiger partial charge >= 0.3 is 5.97 Å². The first-order valence-corrected chi connectivity index (χ1v) is 6.37. The molecule has 1 aromatic rings. The van der Waals surface area contributed by atoms with Crippen molar-refractivity contribution in [1.29, 1.82) is 0 Å². The van der Waals surface area contributed by atoms with Crippen LogP contribution >= 0.6 is 0 Å². The van der Waals surface area contributed by atoms with Crippen LogP contribution in [0.5, 0.6) is 0 Å². The van der Waals surface area contributed by atoms with Gasteiger partial charge in [0, 0.05) is 0 Å². The number of nitrogens with one attached hydrogen (secondary N) is 2. The molecule has 1 fully saturated rings. The van der Waals surface area contributed by atoms with E-state index < -0.39 is 17.4 Å². The third-order valence-electron chi connectivity index (χ3n) is 3.85. The summed E-state index contributed by atoms with van der Waals surface area (Å²) in [7, 11) is 0. The van der Waals surface area contributed by atoms with Crippen LogP contribution in [0.3, 0.4) is 0 Å². The summed E-state index contributed by atoms with van der Waals surface area (Å²) >= 11 is 0. The van der Waals surface area contributed by atoms with Crippen LogP contribution in [0.1, 0.15) is 49.6 Å². The Kier molecular flexibility index (Phi) is 3.77. The number of carbonyl (C=O) groups is 2. The van der Waals surface area contributed by atoms with Crippen molar-refractivity contribution in [2.24, 2.45) is 5.92 Å². The second-order valence-corrected chi connectivity index (χ2v) is 4.93. The smallest absolute Gasteiger partial charge is 0.329 e. The van der Waals surface area contributed by atoms with E-state index in [0.29, 0.717) is 18.8 Å². The van der Waals surface area contributed by atoms with Gasteiger partial charge in [0.2, 0.25) is 0 Å². The lowest BCUT2D eigenvalue weighted by atomic mass is 9.75. The van der Waals surface area contributed by atoms with E-state index in [1.807, 2.05) is 0 Å². The van der Waals surface area contributed by atoms with Gasteiger partial charge < -0.3 is 10.4 Å². The lowest BCUT2D eigenvalue weighted by Gasteiger charge is -2.36. The van der Waals surface area contributed by atoms with Gasteiger partial charge in [0.25, 0.3) is 11.7 Å². The number of tetrazole rings is 1. The van der Waals surface area contributed by atoms with Gasteiger partial charge in [-0.1, -0.05) is 13.3 Å². The molecule has 1 heterocycles. The second-order valence-electron chi connectivity index (χ2n) is 4.93. The van der Waals surface area contributed by atoms with Gasteiger partial charge in [-0.05, 0) is 36.8 Å². The highest BCUT2D eigenvalue weighted by atomic mass is 16.4. The number of amides is 1. The topological polar surface area (TPSA) is 121 Å². The van der Waals surface area contributed by atoms with Crippen molar-refractivity contribution in [2.75, 3.05) is 0 Å². The third kappa shape index (κ3) is 2.72. The molecule has 0 saturated heterocycles. The molecule has 1 aliphatic rings. The molecule has 0 radical (unpaired) electrons. The van der Waals surface area contributed by atoms with Crippen molar-refractivity contribution < 1.29 is 14.7 Å². The zero-order valence-corrected chi connectivity index (χ0v) is 10.7. The van der Waals surface area contributed by atoms with Gasteiger partial charge in [0.1, 0.15) is 5.54 Å². The molecule has 0 aromatic carbocycles. The van der Waals surface area contributed by atoms with Gasteiger partial charge in [-0.15, -0.1) is 10.2 Å². The Morgan fingerprint density at radius 3 is 2.63 bits per heavy atom. The molecule has 8 heteroatoms. The van der Waals surface area contributed by atoms with E-state index in [9.17, 15) is 14.7 Å². The number of carbonyl (C=O) groups excluding carboxylic acids is 1.